The molecular formula is C23H35NO5. The average Bonchev–Trinajstić information content (AvgIpc) is 3.25. The van der Waals surface area contributed by atoms with Crippen LogP contribution >= 0.6 is 0 Å². The Hall–Kier alpha value is -0.790. The molecule has 0 aromatic rings. The maximum Gasteiger partial charge on any atom is 0.174 e. The second kappa shape index (κ2) is 6.36. The molecule has 1 unspecified atom stereocenters. The Balaban J connectivity index is 1.55. The van der Waals surface area contributed by atoms with Gasteiger partial charge in [-0.05, 0) is 45.2 Å². The summed E-state index contributed by atoms with van der Waals surface area (Å²) in [5.41, 5.74) is 0.151. The molecule has 6 nitrogen and oxygen atoms in total. The number of ketones is 1. The van der Waals surface area contributed by atoms with Gasteiger partial charge in [0.05, 0.1) is 31.5 Å². The summed E-state index contributed by atoms with van der Waals surface area (Å²) in [7, 11) is 3.84. The topological polar surface area (TPSA) is 79.2 Å². The molecule has 0 bridgehead atoms. The number of rotatable bonds is 1. The molecule has 5 aliphatic rings. The van der Waals surface area contributed by atoms with Gasteiger partial charge in [-0.3, -0.25) is 4.79 Å². The van der Waals surface area contributed by atoms with Crippen LogP contribution in [-0.2, 0) is 14.3 Å². The molecular weight excluding hydrogens is 370 g/mol. The molecule has 0 radical (unpaired) electrons. The van der Waals surface area contributed by atoms with Gasteiger partial charge >= 0.3 is 0 Å². The van der Waals surface area contributed by atoms with E-state index in [1.807, 2.05) is 25.9 Å². The summed E-state index contributed by atoms with van der Waals surface area (Å²) in [5.74, 6) is -0.108. The smallest absolute Gasteiger partial charge is 0.174 e. The minimum absolute atomic E-state index is 0.202. The third-order valence-electron chi connectivity index (χ3n) is 9.40. The summed E-state index contributed by atoms with van der Waals surface area (Å²) in [5, 5.41) is 22.2. The summed E-state index contributed by atoms with van der Waals surface area (Å²) in [6.07, 6.45) is 4.39. The molecule has 1 aliphatic heterocycles. The summed E-state index contributed by atoms with van der Waals surface area (Å²) >= 11 is 0. The van der Waals surface area contributed by atoms with Gasteiger partial charge in [0.25, 0.3) is 0 Å². The van der Waals surface area contributed by atoms with E-state index in [1.165, 1.54) is 0 Å². The number of aliphatic hydroxyl groups excluding tert-OH is 2. The van der Waals surface area contributed by atoms with Gasteiger partial charge in [-0.25, -0.2) is 0 Å². The van der Waals surface area contributed by atoms with Crippen molar-refractivity contribution in [1.82, 2.24) is 4.90 Å². The Morgan fingerprint density at radius 2 is 1.83 bits per heavy atom. The predicted molar refractivity (Wildman–Crippen MR) is 107 cm³/mol. The van der Waals surface area contributed by atoms with Gasteiger partial charge in [-0.15, -0.1) is 0 Å². The van der Waals surface area contributed by atoms with Crippen LogP contribution in [0.1, 0.15) is 46.0 Å². The van der Waals surface area contributed by atoms with Crippen LogP contribution in [0.15, 0.2) is 11.6 Å². The molecule has 4 fully saturated rings. The van der Waals surface area contributed by atoms with Crippen LogP contribution in [0.4, 0.5) is 0 Å². The van der Waals surface area contributed by atoms with Crippen LogP contribution in [0.2, 0.25) is 0 Å². The fraction of sp³-hybridized carbons (Fsp3) is 0.870. The van der Waals surface area contributed by atoms with Gasteiger partial charge in [0.15, 0.2) is 5.79 Å². The number of carbonyl (C=O) groups excluding carboxylic acids is 1. The minimum atomic E-state index is -0.939. The number of hydrogen-bond acceptors (Lipinski definition) is 6. The normalized spacial score (nSPS) is 51.0. The van der Waals surface area contributed by atoms with Crippen LogP contribution in [0.5, 0.6) is 0 Å². The fourth-order valence-corrected chi connectivity index (χ4v) is 7.93. The highest BCUT2D eigenvalue weighted by Gasteiger charge is 2.70. The number of fused-ring (bicyclic) bond motifs is 6. The lowest BCUT2D eigenvalue weighted by atomic mass is 9.45. The maximum atomic E-state index is 13.7. The molecule has 1 saturated heterocycles. The average molecular weight is 406 g/mol. The van der Waals surface area contributed by atoms with E-state index in [1.54, 1.807) is 0 Å². The van der Waals surface area contributed by atoms with E-state index in [-0.39, 0.29) is 29.1 Å². The molecule has 2 N–H and O–H groups in total. The van der Waals surface area contributed by atoms with Crippen molar-refractivity contribution in [2.75, 3.05) is 27.3 Å². The van der Waals surface area contributed by atoms with Crippen LogP contribution in [0.3, 0.4) is 0 Å². The van der Waals surface area contributed by atoms with Crippen LogP contribution in [-0.4, -0.2) is 72.2 Å². The first kappa shape index (κ1) is 20.1. The number of hydrogen-bond donors (Lipinski definition) is 2. The number of ether oxygens (including phenoxy) is 2. The molecule has 1 heterocycles. The lowest BCUT2D eigenvalue weighted by molar-refractivity contribution is -0.241. The van der Waals surface area contributed by atoms with Crippen molar-refractivity contribution in [1.29, 1.82) is 0 Å². The minimum Gasteiger partial charge on any atom is -0.389 e. The zero-order valence-electron chi connectivity index (χ0n) is 18.1. The van der Waals surface area contributed by atoms with Crippen LogP contribution in [0, 0.1) is 28.6 Å². The summed E-state index contributed by atoms with van der Waals surface area (Å²) < 4.78 is 12.3. The van der Waals surface area contributed by atoms with Crippen LogP contribution < -0.4 is 0 Å². The van der Waals surface area contributed by atoms with Crippen LogP contribution in [0.25, 0.3) is 0 Å². The molecule has 0 aromatic carbocycles. The van der Waals surface area contributed by atoms with Crippen molar-refractivity contribution in [3.63, 3.8) is 0 Å². The summed E-state index contributed by atoms with van der Waals surface area (Å²) in [4.78, 5) is 15.6. The monoisotopic (exact) mass is 405 g/mol. The highest BCUT2D eigenvalue weighted by atomic mass is 16.7. The van der Waals surface area contributed by atoms with Crippen molar-refractivity contribution in [2.24, 2.45) is 28.6 Å². The standard InChI is InChI=1S/C23H35NO5/c1-21-12-17(25)18-14(15(21)7-8-23(21)28-9-10-29-23)6-5-13-11-16(24(3)4)19(26)20(27)22(13,18)2/h11,14-16,18-20,26-27H,5-10,12H2,1-4H3/t14-,15-,16-,18+,19+,20?,21-,22-/m0/s1. The van der Waals surface area contributed by atoms with Crippen molar-refractivity contribution in [2.45, 2.75) is 70.0 Å². The fourth-order valence-electron chi connectivity index (χ4n) is 7.93. The van der Waals surface area contributed by atoms with Crippen molar-refractivity contribution >= 4 is 5.78 Å². The molecule has 1 spiro atoms. The van der Waals surface area contributed by atoms with E-state index in [0.29, 0.717) is 25.6 Å². The first-order chi connectivity index (χ1) is 13.7. The van der Waals surface area contributed by atoms with Gasteiger partial charge in [-0.1, -0.05) is 25.5 Å². The highest BCUT2D eigenvalue weighted by molar-refractivity contribution is 5.85. The first-order valence-electron chi connectivity index (χ1n) is 11.2. The quantitative estimate of drug-likeness (QED) is 0.647. The van der Waals surface area contributed by atoms with E-state index >= 15 is 0 Å². The Morgan fingerprint density at radius 3 is 2.48 bits per heavy atom. The Morgan fingerprint density at radius 1 is 1.14 bits per heavy atom. The van der Waals surface area contributed by atoms with E-state index in [2.05, 4.69) is 13.0 Å². The van der Waals surface area contributed by atoms with Gasteiger partial charge in [0.1, 0.15) is 5.78 Å². The van der Waals surface area contributed by atoms with Gasteiger partial charge < -0.3 is 24.6 Å². The molecule has 4 aliphatic carbocycles. The number of aliphatic hydroxyl groups is 2. The molecule has 0 aromatic heterocycles. The van der Waals surface area contributed by atoms with Crippen molar-refractivity contribution in [3.8, 4) is 0 Å². The zero-order valence-corrected chi connectivity index (χ0v) is 18.1. The lowest BCUT2D eigenvalue weighted by Gasteiger charge is -2.60. The summed E-state index contributed by atoms with van der Waals surface area (Å²) in [6.45, 7) is 5.41. The Bertz CT molecular complexity index is 744. The molecule has 8 atom stereocenters. The molecule has 162 valence electrons. The van der Waals surface area contributed by atoms with E-state index in [4.69, 9.17) is 9.47 Å². The van der Waals surface area contributed by atoms with E-state index < -0.39 is 23.4 Å². The largest absolute Gasteiger partial charge is 0.389 e. The number of Topliss-reactive ketones (excluding diaryl/α,β-unsaturated/α-hetero) is 1. The molecule has 3 saturated carbocycles. The lowest BCUT2D eigenvalue weighted by Crippen LogP contribution is -2.65. The first-order valence-corrected chi connectivity index (χ1v) is 11.2. The molecule has 6 heteroatoms. The predicted octanol–water partition coefficient (Wildman–Crippen LogP) is 1.74. The number of nitrogens with zero attached hydrogens (tertiary/aromatic N) is 1. The van der Waals surface area contributed by atoms with Crippen molar-refractivity contribution < 1.29 is 24.5 Å². The molecule has 5 rings (SSSR count). The highest BCUT2D eigenvalue weighted by Crippen LogP contribution is 2.68. The number of carbonyl (C=O) groups is 1. The van der Waals surface area contributed by atoms with Crippen molar-refractivity contribution in [3.05, 3.63) is 11.6 Å². The van der Waals surface area contributed by atoms with Gasteiger partial charge in [-0.2, -0.15) is 0 Å². The zero-order chi connectivity index (χ0) is 20.8. The number of likely N-dealkylation sites (N-methyl/N-ethyl adjacent to an activating group) is 1. The van der Waals surface area contributed by atoms with Gasteiger partial charge in [0.2, 0.25) is 0 Å². The second-order valence-electron chi connectivity index (χ2n) is 10.7. The second-order valence-corrected chi connectivity index (χ2v) is 10.7. The Labute approximate surface area is 173 Å². The molecule has 0 amide bonds. The van der Waals surface area contributed by atoms with E-state index in [0.717, 1.165) is 31.3 Å². The third-order valence-corrected chi connectivity index (χ3v) is 9.40. The SMILES string of the molecule is CN(C)[C@H]1C=C2CC[C@H]3[C@@H]4CCC5(OCCO5)[C@@]4(C)CC(=O)[C@@H]3[C@@]2(C)C(O)[C@@H]1O. The maximum absolute atomic E-state index is 13.7. The van der Waals surface area contributed by atoms with Gasteiger partial charge in [0, 0.05) is 29.6 Å². The molecule has 29 heavy (non-hydrogen) atoms. The Kier molecular flexibility index (Phi) is 4.42. The van der Waals surface area contributed by atoms with E-state index in [9.17, 15) is 15.0 Å². The third kappa shape index (κ3) is 2.38. The summed E-state index contributed by atoms with van der Waals surface area (Å²) in [6, 6.07) is -0.219.